The van der Waals surface area contributed by atoms with Crippen molar-refractivity contribution >= 4 is 0 Å². The highest BCUT2D eigenvalue weighted by molar-refractivity contribution is 5.14. The third-order valence-corrected chi connectivity index (χ3v) is 2.21. The molecule has 0 aromatic carbocycles. The van der Waals surface area contributed by atoms with E-state index in [2.05, 4.69) is 0 Å². The van der Waals surface area contributed by atoms with Crippen molar-refractivity contribution in [2.24, 2.45) is 0 Å². The van der Waals surface area contributed by atoms with E-state index in [0.717, 1.165) is 5.06 Å². The van der Waals surface area contributed by atoms with Crippen LogP contribution in [-0.4, -0.2) is 21.2 Å². The normalized spacial score (nSPS) is 28.2. The molecular formula is C9H16NO2. The average Bonchev–Trinajstić information content (AvgIpc) is 1.80. The van der Waals surface area contributed by atoms with Crippen LogP contribution in [0.3, 0.4) is 0 Å². The second-order valence-corrected chi connectivity index (χ2v) is 4.57. The number of aliphatic hydroxyl groups excluding tert-OH is 1. The molecule has 1 heterocycles. The molecule has 1 aliphatic heterocycles. The molecule has 0 amide bonds. The maximum atomic E-state index is 11.7. The topological polar surface area (TPSA) is 43.4 Å². The summed E-state index contributed by atoms with van der Waals surface area (Å²) >= 11 is 0. The van der Waals surface area contributed by atoms with Gasteiger partial charge in [0.05, 0.1) is 16.8 Å². The molecule has 3 nitrogen and oxygen atoms in total. The molecule has 1 rings (SSSR count). The number of aliphatic hydroxyl groups is 1. The third kappa shape index (κ3) is 1.47. The highest BCUT2D eigenvalue weighted by Gasteiger charge is 2.41. The Morgan fingerprint density at radius 2 is 1.92 bits per heavy atom. The molecule has 3 heteroatoms. The first-order valence-electron chi connectivity index (χ1n) is 4.14. The van der Waals surface area contributed by atoms with E-state index in [0.29, 0.717) is 12.2 Å². The smallest absolute Gasteiger partial charge is 0.0921 e. The maximum Gasteiger partial charge on any atom is 0.0921 e. The molecule has 12 heavy (non-hydrogen) atoms. The maximum absolute atomic E-state index is 11.7. The van der Waals surface area contributed by atoms with E-state index in [9.17, 15) is 10.3 Å². The summed E-state index contributed by atoms with van der Waals surface area (Å²) in [5, 5.41) is 22.1. The van der Waals surface area contributed by atoms with Gasteiger partial charge in [0.2, 0.25) is 0 Å². The SMILES string of the molecule is CC1(C)C=C(O)CC(C)(C)N1[O]. The van der Waals surface area contributed by atoms with E-state index in [1.165, 1.54) is 0 Å². The minimum absolute atomic E-state index is 0.317. The van der Waals surface area contributed by atoms with Crippen LogP contribution >= 0.6 is 0 Å². The molecule has 0 spiro atoms. The van der Waals surface area contributed by atoms with Gasteiger partial charge in [-0.25, -0.2) is 0 Å². The third-order valence-electron chi connectivity index (χ3n) is 2.21. The summed E-state index contributed by atoms with van der Waals surface area (Å²) in [6, 6.07) is 0. The Morgan fingerprint density at radius 1 is 1.42 bits per heavy atom. The first-order chi connectivity index (χ1) is 5.26. The molecule has 0 unspecified atom stereocenters. The van der Waals surface area contributed by atoms with Gasteiger partial charge in [-0.15, -0.1) is 10.3 Å². The van der Waals surface area contributed by atoms with Crippen LogP contribution in [0.15, 0.2) is 11.8 Å². The Labute approximate surface area is 73.3 Å². The van der Waals surface area contributed by atoms with E-state index in [1.807, 2.05) is 13.8 Å². The van der Waals surface area contributed by atoms with Crippen molar-refractivity contribution in [3.8, 4) is 0 Å². The second-order valence-electron chi connectivity index (χ2n) is 4.57. The lowest BCUT2D eigenvalue weighted by Gasteiger charge is -2.43. The van der Waals surface area contributed by atoms with Gasteiger partial charge in [0.15, 0.2) is 0 Å². The fraction of sp³-hybridized carbons (Fsp3) is 0.778. The van der Waals surface area contributed by atoms with Crippen LogP contribution in [-0.2, 0) is 5.21 Å². The molecule has 1 aliphatic rings. The number of rotatable bonds is 0. The lowest BCUT2D eigenvalue weighted by molar-refractivity contribution is -0.265. The Morgan fingerprint density at radius 3 is 2.33 bits per heavy atom. The van der Waals surface area contributed by atoms with Crippen molar-refractivity contribution in [2.45, 2.75) is 45.2 Å². The van der Waals surface area contributed by atoms with Crippen LogP contribution in [0.5, 0.6) is 0 Å². The summed E-state index contributed by atoms with van der Waals surface area (Å²) in [5.74, 6) is 0.317. The Hall–Kier alpha value is -0.540. The fourth-order valence-electron chi connectivity index (χ4n) is 1.81. The largest absolute Gasteiger partial charge is 0.513 e. The van der Waals surface area contributed by atoms with Crippen molar-refractivity contribution in [3.63, 3.8) is 0 Å². The first kappa shape index (κ1) is 9.55. The summed E-state index contributed by atoms with van der Waals surface area (Å²) < 4.78 is 0. The molecule has 1 radical (unpaired) electrons. The molecule has 0 aliphatic carbocycles. The van der Waals surface area contributed by atoms with E-state index in [1.54, 1.807) is 19.9 Å². The molecule has 0 atom stereocenters. The zero-order valence-corrected chi connectivity index (χ0v) is 8.09. The summed E-state index contributed by atoms with van der Waals surface area (Å²) in [5.41, 5.74) is -1.09. The Kier molecular flexibility index (Phi) is 1.97. The molecule has 0 saturated carbocycles. The Balaban J connectivity index is 3.02. The molecule has 0 bridgehead atoms. The van der Waals surface area contributed by atoms with Crippen molar-refractivity contribution in [2.75, 3.05) is 0 Å². The summed E-state index contributed by atoms with van der Waals surface area (Å²) in [7, 11) is 0. The van der Waals surface area contributed by atoms with Gasteiger partial charge in [-0.05, 0) is 33.8 Å². The van der Waals surface area contributed by atoms with Crippen LogP contribution in [0.25, 0.3) is 0 Å². The van der Waals surface area contributed by atoms with Crippen LogP contribution in [0.2, 0.25) is 0 Å². The van der Waals surface area contributed by atoms with E-state index in [-0.39, 0.29) is 0 Å². The highest BCUT2D eigenvalue weighted by Crippen LogP contribution is 2.34. The highest BCUT2D eigenvalue weighted by atomic mass is 16.5. The van der Waals surface area contributed by atoms with Gasteiger partial charge in [0.1, 0.15) is 0 Å². The molecule has 69 valence electrons. The average molecular weight is 170 g/mol. The van der Waals surface area contributed by atoms with Gasteiger partial charge in [0.25, 0.3) is 0 Å². The lowest BCUT2D eigenvalue weighted by atomic mass is 9.87. The van der Waals surface area contributed by atoms with Crippen LogP contribution in [0, 0.1) is 0 Å². The van der Waals surface area contributed by atoms with E-state index < -0.39 is 11.1 Å². The molecule has 0 saturated heterocycles. The first-order valence-corrected chi connectivity index (χ1v) is 4.14. The summed E-state index contributed by atoms with van der Waals surface area (Å²) in [4.78, 5) is 0. The van der Waals surface area contributed by atoms with Crippen LogP contribution < -0.4 is 0 Å². The fourth-order valence-corrected chi connectivity index (χ4v) is 1.81. The summed E-state index contributed by atoms with van der Waals surface area (Å²) in [6.07, 6.45) is 2.05. The molecular weight excluding hydrogens is 154 g/mol. The standard InChI is InChI=1S/C9H16NO2/c1-8(2)5-7(11)6-9(3,4)10(8)12/h5,11H,6H2,1-4H3. The van der Waals surface area contributed by atoms with Crippen molar-refractivity contribution in [3.05, 3.63) is 11.8 Å². The van der Waals surface area contributed by atoms with Crippen molar-refractivity contribution in [1.29, 1.82) is 0 Å². The van der Waals surface area contributed by atoms with Gasteiger partial charge < -0.3 is 5.11 Å². The van der Waals surface area contributed by atoms with Gasteiger partial charge in [-0.1, -0.05) is 0 Å². The zero-order chi connectivity index (χ0) is 9.57. The monoisotopic (exact) mass is 170 g/mol. The molecule has 0 aromatic rings. The van der Waals surface area contributed by atoms with Crippen LogP contribution in [0.4, 0.5) is 0 Å². The van der Waals surface area contributed by atoms with Gasteiger partial charge in [-0.2, -0.15) is 0 Å². The van der Waals surface area contributed by atoms with E-state index in [4.69, 9.17) is 0 Å². The minimum Gasteiger partial charge on any atom is -0.513 e. The predicted octanol–water partition coefficient (Wildman–Crippen LogP) is 2.04. The number of hydrogen-bond acceptors (Lipinski definition) is 2. The number of hydrogen-bond donors (Lipinski definition) is 1. The number of nitrogens with zero attached hydrogens (tertiary/aromatic N) is 1. The molecule has 0 aromatic heterocycles. The molecule has 0 fully saturated rings. The van der Waals surface area contributed by atoms with Gasteiger partial charge in [0, 0.05) is 6.42 Å². The summed E-state index contributed by atoms with van der Waals surface area (Å²) in [6.45, 7) is 7.28. The zero-order valence-electron chi connectivity index (χ0n) is 8.09. The number of hydroxylamine groups is 2. The van der Waals surface area contributed by atoms with Gasteiger partial charge in [-0.3, -0.25) is 0 Å². The minimum atomic E-state index is -0.591. The lowest BCUT2D eigenvalue weighted by Crippen LogP contribution is -2.54. The van der Waals surface area contributed by atoms with Crippen molar-refractivity contribution < 1.29 is 10.3 Å². The predicted molar refractivity (Wildman–Crippen MR) is 46.0 cm³/mol. The van der Waals surface area contributed by atoms with Crippen molar-refractivity contribution in [1.82, 2.24) is 5.06 Å². The van der Waals surface area contributed by atoms with Crippen LogP contribution in [0.1, 0.15) is 34.1 Å². The quantitative estimate of drug-likeness (QED) is 0.604. The van der Waals surface area contributed by atoms with Gasteiger partial charge >= 0.3 is 0 Å². The Bertz CT molecular complexity index is 219. The van der Waals surface area contributed by atoms with E-state index >= 15 is 0 Å². The second kappa shape index (κ2) is 2.47. The molecule has 1 N–H and O–H groups in total.